The third-order valence-corrected chi connectivity index (χ3v) is 5.65. The second-order valence-corrected chi connectivity index (χ2v) is 7.05. The van der Waals surface area contributed by atoms with Crippen LogP contribution in [0.4, 0.5) is 4.79 Å². The highest BCUT2D eigenvalue weighted by molar-refractivity contribution is 7.58. The fourth-order valence-corrected chi connectivity index (χ4v) is 3.99. The lowest BCUT2D eigenvalue weighted by Gasteiger charge is -2.33. The molecule has 0 radical (unpaired) electrons. The summed E-state index contributed by atoms with van der Waals surface area (Å²) < 4.78 is 22.5. The van der Waals surface area contributed by atoms with E-state index in [4.69, 9.17) is 9.26 Å². The molecule has 6 heteroatoms. The van der Waals surface area contributed by atoms with Crippen molar-refractivity contribution in [3.05, 3.63) is 0 Å². The molecule has 5 nitrogen and oxygen atoms in total. The summed E-state index contributed by atoms with van der Waals surface area (Å²) >= 11 is 0. The van der Waals surface area contributed by atoms with Gasteiger partial charge in [-0.15, -0.1) is 0 Å². The fourth-order valence-electron chi connectivity index (χ4n) is 2.09. The number of carbonyl (C=O) groups excluding carboxylic acids is 1. The molecular weight excluding hydrogens is 241 g/mol. The summed E-state index contributed by atoms with van der Waals surface area (Å²) in [6.45, 7) is 7.42. The number of hydrogen-bond donors (Lipinski definition) is 0. The lowest BCUT2D eigenvalue weighted by atomic mass is 10.1. The Labute approximate surface area is 103 Å². The van der Waals surface area contributed by atoms with E-state index in [2.05, 4.69) is 0 Å². The molecule has 1 atom stereocenters. The van der Waals surface area contributed by atoms with Gasteiger partial charge in [0.15, 0.2) is 0 Å². The Bertz CT molecular complexity index is 300. The van der Waals surface area contributed by atoms with Crippen molar-refractivity contribution in [3.8, 4) is 0 Å². The van der Waals surface area contributed by atoms with Crippen LogP contribution in [0.2, 0.25) is 0 Å². The van der Waals surface area contributed by atoms with Crippen LogP contribution in [0.3, 0.4) is 0 Å². The van der Waals surface area contributed by atoms with E-state index in [1.165, 1.54) is 0 Å². The molecule has 0 bridgehead atoms. The topological polar surface area (TPSA) is 55.8 Å². The van der Waals surface area contributed by atoms with Gasteiger partial charge in [-0.3, -0.25) is 4.57 Å². The van der Waals surface area contributed by atoms with Gasteiger partial charge in [-0.25, -0.2) is 4.79 Å². The van der Waals surface area contributed by atoms with Gasteiger partial charge in [0.1, 0.15) is 0 Å². The maximum absolute atomic E-state index is 12.2. The molecule has 100 valence electrons. The van der Waals surface area contributed by atoms with Crippen LogP contribution >= 0.6 is 7.37 Å². The van der Waals surface area contributed by atoms with E-state index >= 15 is 0 Å². The summed E-state index contributed by atoms with van der Waals surface area (Å²) in [7, 11) is -2.52. The van der Waals surface area contributed by atoms with Gasteiger partial charge in [-0.05, 0) is 26.7 Å². The van der Waals surface area contributed by atoms with Gasteiger partial charge in [0.2, 0.25) is 7.37 Å². The van der Waals surface area contributed by atoms with Crippen molar-refractivity contribution in [2.75, 3.05) is 33.0 Å². The SMILES string of the molecule is CCOC(=O)N1CCC(P(C)(=O)OCC)CC1. The Kier molecular flexibility index (Phi) is 5.47. The van der Waals surface area contributed by atoms with E-state index in [-0.39, 0.29) is 11.8 Å². The zero-order valence-corrected chi connectivity index (χ0v) is 11.7. The van der Waals surface area contributed by atoms with E-state index in [1.54, 1.807) is 18.5 Å². The van der Waals surface area contributed by atoms with Crippen molar-refractivity contribution in [1.82, 2.24) is 4.90 Å². The number of rotatable bonds is 4. The van der Waals surface area contributed by atoms with Crippen molar-refractivity contribution in [1.29, 1.82) is 0 Å². The minimum absolute atomic E-state index is 0.0770. The minimum Gasteiger partial charge on any atom is -0.450 e. The molecule has 0 aliphatic carbocycles. The fraction of sp³-hybridized carbons (Fsp3) is 0.909. The number of carbonyl (C=O) groups is 1. The number of piperidine rings is 1. The van der Waals surface area contributed by atoms with E-state index in [0.717, 1.165) is 12.8 Å². The van der Waals surface area contributed by atoms with E-state index in [0.29, 0.717) is 26.3 Å². The minimum atomic E-state index is -2.52. The summed E-state index contributed by atoms with van der Waals surface area (Å²) in [5.74, 6) is 0. The van der Waals surface area contributed by atoms with Gasteiger partial charge in [0.25, 0.3) is 0 Å². The Hall–Kier alpha value is -0.540. The van der Waals surface area contributed by atoms with E-state index in [9.17, 15) is 9.36 Å². The quantitative estimate of drug-likeness (QED) is 0.731. The highest BCUT2D eigenvalue weighted by atomic mass is 31.2. The summed E-state index contributed by atoms with van der Waals surface area (Å²) in [5, 5.41) is 0. The normalized spacial score (nSPS) is 21.0. The molecule has 17 heavy (non-hydrogen) atoms. The first kappa shape index (κ1) is 14.5. The molecule has 0 saturated carbocycles. The molecule has 1 amide bonds. The number of ether oxygens (including phenoxy) is 1. The molecule has 1 aliphatic heterocycles. The van der Waals surface area contributed by atoms with E-state index < -0.39 is 7.37 Å². The first-order chi connectivity index (χ1) is 8.01. The van der Waals surface area contributed by atoms with Crippen LogP contribution in [-0.2, 0) is 13.8 Å². The summed E-state index contributed by atoms with van der Waals surface area (Å²) in [5.41, 5.74) is 0.0770. The van der Waals surface area contributed by atoms with Gasteiger partial charge in [0.05, 0.1) is 13.2 Å². The Morgan fingerprint density at radius 2 is 1.88 bits per heavy atom. The van der Waals surface area contributed by atoms with Crippen LogP contribution in [-0.4, -0.2) is 49.6 Å². The third kappa shape index (κ3) is 4.00. The average molecular weight is 263 g/mol. The standard InChI is InChI=1S/C11H22NO4P/c1-4-15-11(13)12-8-6-10(7-9-12)17(3,14)16-5-2/h10H,4-9H2,1-3H3. The maximum Gasteiger partial charge on any atom is 0.409 e. The Morgan fingerprint density at radius 1 is 1.29 bits per heavy atom. The molecular formula is C11H22NO4P. The lowest BCUT2D eigenvalue weighted by molar-refractivity contribution is 0.0993. The van der Waals surface area contributed by atoms with Crippen molar-refractivity contribution in [2.24, 2.45) is 0 Å². The monoisotopic (exact) mass is 263 g/mol. The van der Waals surface area contributed by atoms with Gasteiger partial charge in [-0.2, -0.15) is 0 Å². The predicted octanol–water partition coefficient (Wildman–Crippen LogP) is 2.55. The van der Waals surface area contributed by atoms with Gasteiger partial charge in [-0.1, -0.05) is 0 Å². The second kappa shape index (κ2) is 6.41. The summed E-state index contributed by atoms with van der Waals surface area (Å²) in [6, 6.07) is 0. The van der Waals surface area contributed by atoms with Gasteiger partial charge >= 0.3 is 6.09 Å². The first-order valence-corrected chi connectivity index (χ1v) is 8.28. The first-order valence-electron chi connectivity index (χ1n) is 6.14. The number of likely N-dealkylation sites (tertiary alicyclic amines) is 1. The van der Waals surface area contributed by atoms with Gasteiger partial charge < -0.3 is 14.2 Å². The van der Waals surface area contributed by atoms with Crippen LogP contribution < -0.4 is 0 Å². The molecule has 1 heterocycles. The van der Waals surface area contributed by atoms with Crippen molar-refractivity contribution < 1.29 is 18.6 Å². The molecule has 0 aromatic rings. The summed E-state index contributed by atoms with van der Waals surface area (Å²) in [4.78, 5) is 13.2. The molecule has 0 N–H and O–H groups in total. The highest BCUT2D eigenvalue weighted by Gasteiger charge is 2.33. The van der Waals surface area contributed by atoms with Crippen molar-refractivity contribution in [3.63, 3.8) is 0 Å². The molecule has 0 aromatic carbocycles. The largest absolute Gasteiger partial charge is 0.450 e. The van der Waals surface area contributed by atoms with Gasteiger partial charge in [0, 0.05) is 25.4 Å². The van der Waals surface area contributed by atoms with Crippen LogP contribution in [0.25, 0.3) is 0 Å². The molecule has 1 saturated heterocycles. The zero-order valence-electron chi connectivity index (χ0n) is 10.8. The Morgan fingerprint density at radius 3 is 2.35 bits per heavy atom. The van der Waals surface area contributed by atoms with Crippen LogP contribution in [0.15, 0.2) is 0 Å². The van der Waals surface area contributed by atoms with Crippen molar-refractivity contribution >= 4 is 13.5 Å². The van der Waals surface area contributed by atoms with Crippen LogP contribution in [0.5, 0.6) is 0 Å². The van der Waals surface area contributed by atoms with Crippen LogP contribution in [0, 0.1) is 0 Å². The zero-order chi connectivity index (χ0) is 12.9. The second-order valence-electron chi connectivity index (χ2n) is 4.24. The maximum atomic E-state index is 12.2. The smallest absolute Gasteiger partial charge is 0.409 e. The molecule has 0 spiro atoms. The lowest BCUT2D eigenvalue weighted by Crippen LogP contribution is -2.40. The molecule has 1 fully saturated rings. The number of nitrogens with zero attached hydrogens (tertiary/aromatic N) is 1. The molecule has 1 rings (SSSR count). The summed E-state index contributed by atoms with van der Waals surface area (Å²) in [6.07, 6.45) is 1.19. The molecule has 0 aromatic heterocycles. The molecule has 1 aliphatic rings. The van der Waals surface area contributed by atoms with E-state index in [1.807, 2.05) is 6.92 Å². The van der Waals surface area contributed by atoms with Crippen LogP contribution in [0.1, 0.15) is 26.7 Å². The number of hydrogen-bond acceptors (Lipinski definition) is 4. The average Bonchev–Trinajstić information content (AvgIpc) is 2.29. The third-order valence-electron chi connectivity index (χ3n) is 3.04. The number of amides is 1. The molecule has 1 unspecified atom stereocenters. The van der Waals surface area contributed by atoms with Crippen molar-refractivity contribution in [2.45, 2.75) is 32.3 Å². The predicted molar refractivity (Wildman–Crippen MR) is 66.8 cm³/mol. The highest BCUT2D eigenvalue weighted by Crippen LogP contribution is 2.51. The Balaban J connectivity index is 2.45.